The van der Waals surface area contributed by atoms with E-state index < -0.39 is 11.4 Å². The van der Waals surface area contributed by atoms with Crippen LogP contribution in [-0.4, -0.2) is 14.5 Å². The smallest absolute Gasteiger partial charge is 0.314 e. The van der Waals surface area contributed by atoms with Crippen LogP contribution < -0.4 is 5.56 Å². The molecule has 0 saturated carbocycles. The van der Waals surface area contributed by atoms with Gasteiger partial charge in [0.2, 0.25) is 5.82 Å². The summed E-state index contributed by atoms with van der Waals surface area (Å²) in [4.78, 5) is 15.3. The van der Waals surface area contributed by atoms with Crippen molar-refractivity contribution in [2.24, 2.45) is 0 Å². The van der Waals surface area contributed by atoms with Gasteiger partial charge in [-0.25, -0.2) is 4.40 Å². The second-order valence-corrected chi connectivity index (χ2v) is 3.98. The van der Waals surface area contributed by atoms with Crippen LogP contribution >= 0.6 is 11.6 Å². The number of halogens is 2. The third kappa shape index (κ3) is 1.58. The summed E-state index contributed by atoms with van der Waals surface area (Å²) in [5.74, 6) is -0.851. The Labute approximate surface area is 104 Å². The summed E-state index contributed by atoms with van der Waals surface area (Å²) in [5, 5.41) is 4.26. The van der Waals surface area contributed by atoms with Crippen molar-refractivity contribution in [3.63, 3.8) is 0 Å². The molecule has 0 amide bonds. The molecule has 5 nitrogen and oxygen atoms in total. The molecule has 7 heteroatoms. The fourth-order valence-corrected chi connectivity index (χ4v) is 1.70. The summed E-state index contributed by atoms with van der Waals surface area (Å²) in [7, 11) is 0. The largest absolute Gasteiger partial charge is 0.335 e. The standard InChI is InChI=1S/C11H5ClFN3O2/c12-7-3-1-6(2-4-7)9-15-18-11-14-5-8(13)10(17)16(9)11/h1-5H. The van der Waals surface area contributed by atoms with E-state index in [4.69, 9.17) is 16.1 Å². The first kappa shape index (κ1) is 10.9. The topological polar surface area (TPSA) is 60.4 Å². The fraction of sp³-hybridized carbons (Fsp3) is 0. The first-order chi connectivity index (χ1) is 8.66. The number of hydrogen-bond acceptors (Lipinski definition) is 4. The van der Waals surface area contributed by atoms with Gasteiger partial charge in [0, 0.05) is 10.6 Å². The summed E-state index contributed by atoms with van der Waals surface area (Å²) in [6, 6.07) is 6.57. The molecule has 3 aromatic rings. The highest BCUT2D eigenvalue weighted by atomic mass is 35.5. The lowest BCUT2D eigenvalue weighted by Crippen LogP contribution is -2.17. The van der Waals surface area contributed by atoms with Crippen LogP contribution in [0.2, 0.25) is 5.02 Å². The Balaban J connectivity index is 2.33. The van der Waals surface area contributed by atoms with Gasteiger partial charge in [-0.15, -0.1) is 0 Å². The van der Waals surface area contributed by atoms with Gasteiger partial charge in [0.05, 0.1) is 6.20 Å². The molecule has 1 aromatic carbocycles. The summed E-state index contributed by atoms with van der Waals surface area (Å²) < 4.78 is 19.0. The van der Waals surface area contributed by atoms with Gasteiger partial charge >= 0.3 is 5.84 Å². The molecule has 0 aliphatic rings. The molecule has 0 aliphatic heterocycles. The average Bonchev–Trinajstić information content (AvgIpc) is 2.79. The SMILES string of the molecule is O=c1c(F)cnc2onc(-c3ccc(Cl)cc3)n12. The van der Waals surface area contributed by atoms with Crippen LogP contribution in [0, 0.1) is 5.82 Å². The monoisotopic (exact) mass is 265 g/mol. The Morgan fingerprint density at radius 2 is 2.00 bits per heavy atom. The number of fused-ring (bicyclic) bond motifs is 1. The van der Waals surface area contributed by atoms with E-state index in [1.165, 1.54) is 0 Å². The van der Waals surface area contributed by atoms with Gasteiger partial charge in [0.1, 0.15) is 0 Å². The summed E-state index contributed by atoms with van der Waals surface area (Å²) in [6.45, 7) is 0. The van der Waals surface area contributed by atoms with Crippen LogP contribution in [0.5, 0.6) is 0 Å². The van der Waals surface area contributed by atoms with Crippen molar-refractivity contribution in [2.45, 2.75) is 0 Å². The molecule has 0 saturated heterocycles. The van der Waals surface area contributed by atoms with Crippen LogP contribution in [0.15, 0.2) is 39.8 Å². The van der Waals surface area contributed by atoms with E-state index in [1.807, 2.05) is 0 Å². The van der Waals surface area contributed by atoms with Gasteiger partial charge in [0.15, 0.2) is 5.82 Å². The Kier molecular flexibility index (Phi) is 2.38. The van der Waals surface area contributed by atoms with Crippen molar-refractivity contribution >= 4 is 17.4 Å². The predicted octanol–water partition coefficient (Wildman–Crippen LogP) is 2.14. The van der Waals surface area contributed by atoms with Crippen LogP contribution in [0.4, 0.5) is 4.39 Å². The van der Waals surface area contributed by atoms with Crippen LogP contribution in [0.1, 0.15) is 0 Å². The highest BCUT2D eigenvalue weighted by molar-refractivity contribution is 6.30. The molecule has 0 aliphatic carbocycles. The highest BCUT2D eigenvalue weighted by Gasteiger charge is 2.14. The third-order valence-corrected chi connectivity index (χ3v) is 2.67. The Hall–Kier alpha value is -2.21. The van der Waals surface area contributed by atoms with E-state index in [1.54, 1.807) is 24.3 Å². The summed E-state index contributed by atoms with van der Waals surface area (Å²) in [5.41, 5.74) is -0.279. The molecule has 90 valence electrons. The van der Waals surface area contributed by atoms with Crippen LogP contribution in [0.3, 0.4) is 0 Å². The molecule has 18 heavy (non-hydrogen) atoms. The maximum absolute atomic E-state index is 13.2. The number of hydrogen-bond donors (Lipinski definition) is 0. The van der Waals surface area contributed by atoms with E-state index in [9.17, 15) is 9.18 Å². The molecule has 0 N–H and O–H groups in total. The summed E-state index contributed by atoms with van der Waals surface area (Å²) in [6.07, 6.45) is 0.800. The minimum absolute atomic E-state index is 0.0636. The normalized spacial score (nSPS) is 11.0. The van der Waals surface area contributed by atoms with Crippen molar-refractivity contribution in [1.82, 2.24) is 14.5 Å². The molecule has 0 unspecified atom stereocenters. The fourth-order valence-electron chi connectivity index (χ4n) is 1.58. The van der Waals surface area contributed by atoms with Crippen molar-refractivity contribution < 1.29 is 8.91 Å². The second-order valence-electron chi connectivity index (χ2n) is 3.54. The van der Waals surface area contributed by atoms with Crippen molar-refractivity contribution in [3.8, 4) is 11.4 Å². The second kappa shape index (κ2) is 3.92. The van der Waals surface area contributed by atoms with Crippen molar-refractivity contribution in [1.29, 1.82) is 0 Å². The van der Waals surface area contributed by atoms with E-state index >= 15 is 0 Å². The molecular weight excluding hydrogens is 261 g/mol. The average molecular weight is 266 g/mol. The molecule has 0 radical (unpaired) electrons. The maximum Gasteiger partial charge on any atom is 0.335 e. The van der Waals surface area contributed by atoms with Crippen LogP contribution in [0.25, 0.3) is 17.2 Å². The molecule has 0 atom stereocenters. The first-order valence-electron chi connectivity index (χ1n) is 4.96. The van der Waals surface area contributed by atoms with Gasteiger partial charge in [-0.05, 0) is 24.3 Å². The van der Waals surface area contributed by atoms with Crippen LogP contribution in [-0.2, 0) is 0 Å². The maximum atomic E-state index is 13.2. The number of rotatable bonds is 1. The molecule has 3 rings (SSSR count). The number of aromatic nitrogens is 3. The Morgan fingerprint density at radius 1 is 1.28 bits per heavy atom. The summed E-state index contributed by atoms with van der Waals surface area (Å²) >= 11 is 5.76. The zero-order valence-corrected chi connectivity index (χ0v) is 9.56. The third-order valence-electron chi connectivity index (χ3n) is 2.42. The minimum Gasteiger partial charge on any atom is -0.314 e. The zero-order valence-electron chi connectivity index (χ0n) is 8.80. The highest BCUT2D eigenvalue weighted by Crippen LogP contribution is 2.19. The minimum atomic E-state index is -0.967. The predicted molar refractivity (Wildman–Crippen MR) is 61.9 cm³/mol. The van der Waals surface area contributed by atoms with E-state index in [2.05, 4.69) is 10.1 Å². The Bertz CT molecular complexity index is 779. The molecule has 2 heterocycles. The van der Waals surface area contributed by atoms with E-state index in [0.29, 0.717) is 10.6 Å². The van der Waals surface area contributed by atoms with E-state index in [-0.39, 0.29) is 11.7 Å². The lowest BCUT2D eigenvalue weighted by molar-refractivity contribution is 0.446. The van der Waals surface area contributed by atoms with Gasteiger partial charge in [-0.3, -0.25) is 4.79 Å². The molecule has 0 spiro atoms. The van der Waals surface area contributed by atoms with Gasteiger partial charge in [0.25, 0.3) is 5.56 Å². The molecular formula is C11H5ClFN3O2. The Morgan fingerprint density at radius 3 is 2.72 bits per heavy atom. The molecule has 0 bridgehead atoms. The lowest BCUT2D eigenvalue weighted by Gasteiger charge is -1.97. The van der Waals surface area contributed by atoms with E-state index in [0.717, 1.165) is 10.6 Å². The number of benzene rings is 1. The lowest BCUT2D eigenvalue weighted by atomic mass is 10.2. The van der Waals surface area contributed by atoms with Gasteiger partial charge in [-0.2, -0.15) is 9.37 Å². The first-order valence-corrected chi connectivity index (χ1v) is 5.33. The number of nitrogens with zero attached hydrogens (tertiary/aromatic N) is 3. The van der Waals surface area contributed by atoms with Crippen molar-refractivity contribution in [3.05, 3.63) is 51.7 Å². The zero-order chi connectivity index (χ0) is 12.7. The quantitative estimate of drug-likeness (QED) is 0.676. The molecule has 0 fully saturated rings. The van der Waals surface area contributed by atoms with Gasteiger partial charge in [-0.1, -0.05) is 16.8 Å². The van der Waals surface area contributed by atoms with Crippen molar-refractivity contribution in [2.75, 3.05) is 0 Å². The van der Waals surface area contributed by atoms with Gasteiger partial charge < -0.3 is 4.52 Å². The molecule has 2 aromatic heterocycles.